The van der Waals surface area contributed by atoms with Gasteiger partial charge in [0.2, 0.25) is 0 Å². The lowest BCUT2D eigenvalue weighted by Gasteiger charge is -2.18. The number of hydrogen-bond donors (Lipinski definition) is 1. The average Bonchev–Trinajstić information content (AvgIpc) is 2.70. The van der Waals surface area contributed by atoms with E-state index in [2.05, 4.69) is 0 Å². The molecule has 2 aromatic carbocycles. The standard InChI is InChI=1S/C23H19FN2O/c24-18-11-9-17(10-12-18)21-19(13-14-25)22(16-6-2-1-3-7-16)23(27)26-15-5-4-8-20(21)26/h1-12,15H,13-14,25H2. The minimum absolute atomic E-state index is 0.0777. The zero-order chi connectivity index (χ0) is 18.8. The molecule has 0 saturated heterocycles. The molecule has 2 aromatic heterocycles. The van der Waals surface area contributed by atoms with Crippen LogP contribution >= 0.6 is 0 Å². The summed E-state index contributed by atoms with van der Waals surface area (Å²) in [7, 11) is 0. The van der Waals surface area contributed by atoms with Gasteiger partial charge in [0.25, 0.3) is 5.56 Å². The van der Waals surface area contributed by atoms with Crippen LogP contribution in [-0.4, -0.2) is 10.9 Å². The third kappa shape index (κ3) is 3.04. The monoisotopic (exact) mass is 358 g/mol. The largest absolute Gasteiger partial charge is 0.330 e. The lowest BCUT2D eigenvalue weighted by molar-refractivity contribution is 0.628. The van der Waals surface area contributed by atoms with Crippen LogP contribution in [0.1, 0.15) is 5.56 Å². The smallest absolute Gasteiger partial charge is 0.263 e. The second-order valence-corrected chi connectivity index (χ2v) is 6.40. The Bertz CT molecular complexity index is 1150. The molecule has 27 heavy (non-hydrogen) atoms. The lowest BCUT2D eigenvalue weighted by Crippen LogP contribution is -2.20. The van der Waals surface area contributed by atoms with E-state index in [0.29, 0.717) is 18.5 Å². The van der Waals surface area contributed by atoms with E-state index in [1.165, 1.54) is 12.1 Å². The third-order valence-electron chi connectivity index (χ3n) is 4.74. The Balaban J connectivity index is 2.17. The number of nitrogens with zero attached hydrogens (tertiary/aromatic N) is 1. The number of halogens is 1. The molecule has 0 radical (unpaired) electrons. The molecule has 4 aromatic rings. The number of rotatable bonds is 4. The van der Waals surface area contributed by atoms with Gasteiger partial charge in [-0.15, -0.1) is 0 Å². The first kappa shape index (κ1) is 17.2. The minimum Gasteiger partial charge on any atom is -0.330 e. The fourth-order valence-electron chi connectivity index (χ4n) is 3.59. The van der Waals surface area contributed by atoms with Gasteiger partial charge in [-0.1, -0.05) is 48.5 Å². The first-order valence-corrected chi connectivity index (χ1v) is 8.88. The Kier molecular flexibility index (Phi) is 4.57. The Morgan fingerprint density at radius 2 is 1.48 bits per heavy atom. The van der Waals surface area contributed by atoms with Gasteiger partial charge in [-0.25, -0.2) is 4.39 Å². The maximum absolute atomic E-state index is 13.5. The van der Waals surface area contributed by atoms with Gasteiger partial charge in [0.15, 0.2) is 0 Å². The fourth-order valence-corrected chi connectivity index (χ4v) is 3.59. The first-order valence-electron chi connectivity index (χ1n) is 8.88. The quantitative estimate of drug-likeness (QED) is 0.592. The van der Waals surface area contributed by atoms with Crippen LogP contribution in [0.5, 0.6) is 0 Å². The van der Waals surface area contributed by atoms with Crippen molar-refractivity contribution in [1.82, 2.24) is 4.40 Å². The number of pyridine rings is 2. The van der Waals surface area contributed by atoms with Crippen LogP contribution in [0.2, 0.25) is 0 Å². The van der Waals surface area contributed by atoms with Crippen LogP contribution < -0.4 is 11.3 Å². The van der Waals surface area contributed by atoms with Crippen LogP contribution in [0.15, 0.2) is 83.8 Å². The summed E-state index contributed by atoms with van der Waals surface area (Å²) < 4.78 is 15.2. The molecular weight excluding hydrogens is 339 g/mol. The molecule has 3 nitrogen and oxygen atoms in total. The van der Waals surface area contributed by atoms with E-state index in [0.717, 1.165) is 27.8 Å². The predicted molar refractivity (Wildman–Crippen MR) is 107 cm³/mol. The number of benzene rings is 2. The zero-order valence-electron chi connectivity index (χ0n) is 14.7. The fraction of sp³-hybridized carbons (Fsp3) is 0.0870. The molecule has 0 aliphatic heterocycles. The minimum atomic E-state index is -0.292. The molecule has 2 N–H and O–H groups in total. The van der Waals surface area contributed by atoms with Crippen molar-refractivity contribution in [2.75, 3.05) is 6.54 Å². The second-order valence-electron chi connectivity index (χ2n) is 6.40. The molecule has 4 rings (SSSR count). The highest BCUT2D eigenvalue weighted by Gasteiger charge is 2.19. The molecule has 0 atom stereocenters. The summed E-state index contributed by atoms with van der Waals surface area (Å²) >= 11 is 0. The van der Waals surface area contributed by atoms with Gasteiger partial charge < -0.3 is 5.73 Å². The number of fused-ring (bicyclic) bond motifs is 1. The molecule has 0 spiro atoms. The van der Waals surface area contributed by atoms with Gasteiger partial charge in [-0.2, -0.15) is 0 Å². The third-order valence-corrected chi connectivity index (χ3v) is 4.74. The molecule has 134 valence electrons. The van der Waals surface area contributed by atoms with Crippen LogP contribution in [0.25, 0.3) is 27.8 Å². The molecular formula is C23H19FN2O. The highest BCUT2D eigenvalue weighted by Crippen LogP contribution is 2.34. The summed E-state index contributed by atoms with van der Waals surface area (Å²) in [4.78, 5) is 13.3. The van der Waals surface area contributed by atoms with Crippen molar-refractivity contribution in [1.29, 1.82) is 0 Å². The Hall–Kier alpha value is -3.24. The van der Waals surface area contributed by atoms with Crippen LogP contribution in [0.4, 0.5) is 4.39 Å². The molecule has 0 aliphatic carbocycles. The van der Waals surface area contributed by atoms with Crippen LogP contribution in [0, 0.1) is 5.82 Å². The Morgan fingerprint density at radius 1 is 0.815 bits per heavy atom. The van der Waals surface area contributed by atoms with Crippen molar-refractivity contribution in [3.05, 3.63) is 101 Å². The van der Waals surface area contributed by atoms with Crippen molar-refractivity contribution in [3.8, 4) is 22.3 Å². The molecule has 0 amide bonds. The number of aromatic nitrogens is 1. The lowest BCUT2D eigenvalue weighted by atomic mass is 9.90. The average molecular weight is 358 g/mol. The molecule has 2 heterocycles. The normalized spacial score (nSPS) is 11.0. The summed E-state index contributed by atoms with van der Waals surface area (Å²) in [6, 6.07) is 21.6. The van der Waals surface area contributed by atoms with Crippen molar-refractivity contribution in [2.45, 2.75) is 6.42 Å². The molecule has 0 saturated carbocycles. The van der Waals surface area contributed by atoms with E-state index < -0.39 is 0 Å². The maximum Gasteiger partial charge on any atom is 0.263 e. The van der Waals surface area contributed by atoms with Crippen LogP contribution in [0.3, 0.4) is 0 Å². The summed E-state index contributed by atoms with van der Waals surface area (Å²) in [6.45, 7) is 0.413. The Labute approximate surface area is 156 Å². The highest BCUT2D eigenvalue weighted by atomic mass is 19.1. The molecule has 4 heteroatoms. The summed E-state index contributed by atoms with van der Waals surface area (Å²) in [5, 5.41) is 0. The van der Waals surface area contributed by atoms with Gasteiger partial charge in [-0.05, 0) is 53.9 Å². The summed E-state index contributed by atoms with van der Waals surface area (Å²) in [5.74, 6) is -0.292. The maximum atomic E-state index is 13.5. The van der Waals surface area contributed by atoms with E-state index in [9.17, 15) is 9.18 Å². The number of nitrogens with two attached hydrogens (primary N) is 1. The van der Waals surface area contributed by atoms with Crippen LogP contribution in [-0.2, 0) is 6.42 Å². The van der Waals surface area contributed by atoms with Crippen molar-refractivity contribution < 1.29 is 4.39 Å². The van der Waals surface area contributed by atoms with Gasteiger partial charge in [0.1, 0.15) is 5.82 Å². The van der Waals surface area contributed by atoms with Gasteiger partial charge in [-0.3, -0.25) is 9.20 Å². The Morgan fingerprint density at radius 3 is 2.19 bits per heavy atom. The summed E-state index contributed by atoms with van der Waals surface area (Å²) in [6.07, 6.45) is 2.32. The number of hydrogen-bond acceptors (Lipinski definition) is 2. The van der Waals surface area contributed by atoms with Crippen molar-refractivity contribution in [2.24, 2.45) is 5.73 Å². The van der Waals surface area contributed by atoms with Gasteiger partial charge >= 0.3 is 0 Å². The van der Waals surface area contributed by atoms with E-state index >= 15 is 0 Å². The molecule has 0 unspecified atom stereocenters. The predicted octanol–water partition coefficient (Wildman–Crippen LogP) is 4.27. The molecule has 0 aliphatic rings. The molecule has 0 bridgehead atoms. The molecule has 0 fully saturated rings. The van der Waals surface area contributed by atoms with Gasteiger partial charge in [0, 0.05) is 11.8 Å². The van der Waals surface area contributed by atoms with Gasteiger partial charge in [0.05, 0.1) is 11.1 Å². The topological polar surface area (TPSA) is 47.5 Å². The van der Waals surface area contributed by atoms with E-state index in [1.807, 2.05) is 48.5 Å². The summed E-state index contributed by atoms with van der Waals surface area (Å²) in [5.41, 5.74) is 10.8. The first-order chi connectivity index (χ1) is 13.2. The van der Waals surface area contributed by atoms with Crippen molar-refractivity contribution in [3.63, 3.8) is 0 Å². The zero-order valence-corrected chi connectivity index (χ0v) is 14.7. The van der Waals surface area contributed by atoms with E-state index in [-0.39, 0.29) is 11.4 Å². The highest BCUT2D eigenvalue weighted by molar-refractivity contribution is 5.88. The van der Waals surface area contributed by atoms with E-state index in [1.54, 1.807) is 22.7 Å². The van der Waals surface area contributed by atoms with E-state index in [4.69, 9.17) is 5.73 Å². The van der Waals surface area contributed by atoms with Crippen molar-refractivity contribution >= 4 is 5.52 Å². The second kappa shape index (κ2) is 7.17. The SMILES string of the molecule is NCCc1c(-c2ccccc2)c(=O)n2ccccc2c1-c1ccc(F)cc1.